The molecule has 4 rings (SSSR count). The quantitative estimate of drug-likeness (QED) is 0.786. The predicted molar refractivity (Wildman–Crippen MR) is 105 cm³/mol. The summed E-state index contributed by atoms with van der Waals surface area (Å²) in [6.07, 6.45) is 2.90. The van der Waals surface area contributed by atoms with Crippen molar-refractivity contribution in [3.63, 3.8) is 0 Å². The van der Waals surface area contributed by atoms with Crippen LogP contribution in [0.4, 0.5) is 0 Å². The summed E-state index contributed by atoms with van der Waals surface area (Å²) in [5, 5.41) is 9.81. The summed E-state index contributed by atoms with van der Waals surface area (Å²) in [5.74, 6) is -0.616. The highest BCUT2D eigenvalue weighted by molar-refractivity contribution is 5.88. The number of hydrogen-bond acceptors (Lipinski definition) is 4. The van der Waals surface area contributed by atoms with E-state index in [4.69, 9.17) is 0 Å². The van der Waals surface area contributed by atoms with Gasteiger partial charge in [-0.2, -0.15) is 5.10 Å². The number of piperazine rings is 1. The monoisotopic (exact) mass is 395 g/mol. The number of carbonyl (C=O) groups is 3. The molecule has 3 amide bonds. The molecule has 152 valence electrons. The normalized spacial score (nSPS) is 23.8. The standard InChI is InChI=1S/C21H25N5O3/c1-14(27)25-12-17-11-18(21(29)22-9-7-16-8-10-23-24-16)20(26(17)19(28)13-25)15-5-3-2-4-6-15/h2-6,8,10,17-18,20H,7,9,11-13H2,1H3,(H,22,29)(H,23,24)/t17-,18-,20-/m0/s1. The molecule has 0 aliphatic carbocycles. The number of benzene rings is 1. The first-order chi connectivity index (χ1) is 14.0. The minimum Gasteiger partial charge on any atom is -0.355 e. The summed E-state index contributed by atoms with van der Waals surface area (Å²) < 4.78 is 0. The summed E-state index contributed by atoms with van der Waals surface area (Å²) in [6, 6.07) is 11.1. The molecule has 2 N–H and O–H groups in total. The number of nitrogens with zero attached hydrogens (tertiary/aromatic N) is 3. The van der Waals surface area contributed by atoms with E-state index in [-0.39, 0.29) is 42.3 Å². The predicted octanol–water partition coefficient (Wildman–Crippen LogP) is 0.889. The molecule has 0 unspecified atom stereocenters. The Kier molecular flexibility index (Phi) is 5.33. The van der Waals surface area contributed by atoms with Crippen LogP contribution in [-0.4, -0.2) is 63.4 Å². The lowest BCUT2D eigenvalue weighted by molar-refractivity contribution is -0.148. The van der Waals surface area contributed by atoms with E-state index in [9.17, 15) is 14.4 Å². The minimum atomic E-state index is -0.347. The molecule has 0 saturated carbocycles. The molecule has 2 aliphatic heterocycles. The topological polar surface area (TPSA) is 98.4 Å². The van der Waals surface area contributed by atoms with Crippen LogP contribution in [0.1, 0.15) is 30.6 Å². The van der Waals surface area contributed by atoms with E-state index in [1.165, 1.54) is 6.92 Å². The zero-order valence-corrected chi connectivity index (χ0v) is 16.4. The van der Waals surface area contributed by atoms with Gasteiger partial charge in [-0.3, -0.25) is 19.5 Å². The molecule has 3 atom stereocenters. The molecule has 0 bridgehead atoms. The fourth-order valence-corrected chi connectivity index (χ4v) is 4.45. The van der Waals surface area contributed by atoms with Crippen molar-refractivity contribution in [2.75, 3.05) is 19.6 Å². The molecule has 8 nitrogen and oxygen atoms in total. The Morgan fingerprint density at radius 3 is 2.72 bits per heavy atom. The molecular weight excluding hydrogens is 370 g/mol. The van der Waals surface area contributed by atoms with Crippen LogP contribution in [0.2, 0.25) is 0 Å². The molecule has 29 heavy (non-hydrogen) atoms. The van der Waals surface area contributed by atoms with Gasteiger partial charge in [-0.05, 0) is 18.1 Å². The maximum Gasteiger partial charge on any atom is 0.243 e. The van der Waals surface area contributed by atoms with Gasteiger partial charge in [-0.25, -0.2) is 0 Å². The van der Waals surface area contributed by atoms with Gasteiger partial charge in [0, 0.05) is 38.3 Å². The number of H-pyrrole nitrogens is 1. The van der Waals surface area contributed by atoms with Crippen LogP contribution in [0.3, 0.4) is 0 Å². The lowest BCUT2D eigenvalue weighted by Crippen LogP contribution is -2.55. The lowest BCUT2D eigenvalue weighted by Gasteiger charge is -2.39. The van der Waals surface area contributed by atoms with Gasteiger partial charge in [-0.1, -0.05) is 30.3 Å². The fourth-order valence-electron chi connectivity index (χ4n) is 4.45. The Labute approximate surface area is 169 Å². The Morgan fingerprint density at radius 2 is 2.03 bits per heavy atom. The molecule has 8 heteroatoms. The van der Waals surface area contributed by atoms with Crippen LogP contribution in [0.25, 0.3) is 0 Å². The van der Waals surface area contributed by atoms with Gasteiger partial charge in [0.1, 0.15) is 0 Å². The van der Waals surface area contributed by atoms with E-state index in [1.54, 1.807) is 11.1 Å². The van der Waals surface area contributed by atoms with Crippen molar-refractivity contribution in [2.45, 2.75) is 31.8 Å². The summed E-state index contributed by atoms with van der Waals surface area (Å²) in [6.45, 7) is 2.52. The largest absolute Gasteiger partial charge is 0.355 e. The van der Waals surface area contributed by atoms with Crippen molar-refractivity contribution in [2.24, 2.45) is 5.92 Å². The highest BCUT2D eigenvalue weighted by Crippen LogP contribution is 2.43. The molecular formula is C21H25N5O3. The molecule has 1 aromatic carbocycles. The number of nitrogens with one attached hydrogen (secondary N) is 2. The summed E-state index contributed by atoms with van der Waals surface area (Å²) in [7, 11) is 0. The maximum atomic E-state index is 13.1. The van der Waals surface area contributed by atoms with Crippen molar-refractivity contribution < 1.29 is 14.4 Å². The average molecular weight is 395 g/mol. The molecule has 0 radical (unpaired) electrons. The molecule has 2 fully saturated rings. The van der Waals surface area contributed by atoms with E-state index in [0.717, 1.165) is 11.3 Å². The van der Waals surface area contributed by atoms with Crippen molar-refractivity contribution in [1.29, 1.82) is 0 Å². The van der Waals surface area contributed by atoms with Crippen molar-refractivity contribution >= 4 is 17.7 Å². The summed E-state index contributed by atoms with van der Waals surface area (Å²) >= 11 is 0. The number of rotatable bonds is 5. The molecule has 2 aliphatic rings. The van der Waals surface area contributed by atoms with Gasteiger partial charge in [0.2, 0.25) is 17.7 Å². The Morgan fingerprint density at radius 1 is 1.24 bits per heavy atom. The van der Waals surface area contributed by atoms with Crippen LogP contribution in [0, 0.1) is 5.92 Å². The highest BCUT2D eigenvalue weighted by Gasteiger charge is 2.50. The first-order valence-corrected chi connectivity index (χ1v) is 9.92. The van der Waals surface area contributed by atoms with E-state index < -0.39 is 0 Å². The first-order valence-electron chi connectivity index (χ1n) is 9.92. The zero-order chi connectivity index (χ0) is 20.4. The number of fused-ring (bicyclic) bond motifs is 1. The van der Waals surface area contributed by atoms with Crippen LogP contribution in [0.15, 0.2) is 42.6 Å². The van der Waals surface area contributed by atoms with Crippen molar-refractivity contribution in [3.8, 4) is 0 Å². The molecule has 3 heterocycles. The van der Waals surface area contributed by atoms with Gasteiger partial charge in [0.25, 0.3) is 0 Å². The van der Waals surface area contributed by atoms with Crippen molar-refractivity contribution in [1.82, 2.24) is 25.3 Å². The third kappa shape index (κ3) is 3.87. The second-order valence-electron chi connectivity index (χ2n) is 7.67. The van der Waals surface area contributed by atoms with Gasteiger partial charge in [-0.15, -0.1) is 0 Å². The minimum absolute atomic E-state index is 0.0602. The number of hydrogen-bond donors (Lipinski definition) is 2. The number of amides is 3. The second kappa shape index (κ2) is 8.06. The molecule has 2 saturated heterocycles. The number of carbonyl (C=O) groups excluding carboxylic acids is 3. The molecule has 0 spiro atoms. The van der Waals surface area contributed by atoms with E-state index in [1.807, 2.05) is 41.3 Å². The molecule has 1 aromatic heterocycles. The number of aromatic amines is 1. The molecule has 2 aromatic rings. The first kappa shape index (κ1) is 19.2. The van der Waals surface area contributed by atoms with Gasteiger partial charge in [0.15, 0.2) is 0 Å². The van der Waals surface area contributed by atoms with Crippen LogP contribution in [0.5, 0.6) is 0 Å². The van der Waals surface area contributed by atoms with Gasteiger partial charge >= 0.3 is 0 Å². The maximum absolute atomic E-state index is 13.1. The Balaban J connectivity index is 1.53. The van der Waals surface area contributed by atoms with E-state index in [2.05, 4.69) is 15.5 Å². The zero-order valence-electron chi connectivity index (χ0n) is 16.4. The fraction of sp³-hybridized carbons (Fsp3) is 0.429. The van der Waals surface area contributed by atoms with Gasteiger partial charge < -0.3 is 15.1 Å². The van der Waals surface area contributed by atoms with Crippen LogP contribution >= 0.6 is 0 Å². The number of aromatic nitrogens is 2. The summed E-state index contributed by atoms with van der Waals surface area (Å²) in [5.41, 5.74) is 1.91. The van der Waals surface area contributed by atoms with Crippen molar-refractivity contribution in [3.05, 3.63) is 53.9 Å². The second-order valence-corrected chi connectivity index (χ2v) is 7.67. The van der Waals surface area contributed by atoms with E-state index >= 15 is 0 Å². The van der Waals surface area contributed by atoms with Crippen LogP contribution in [-0.2, 0) is 20.8 Å². The SMILES string of the molecule is CC(=O)N1CC(=O)N2[C@@H](C[C@H](C(=O)NCCc3ccn[nH]3)[C@@H]2c2ccccc2)C1. The third-order valence-corrected chi connectivity index (χ3v) is 5.82. The van der Waals surface area contributed by atoms with Gasteiger partial charge in [0.05, 0.1) is 24.5 Å². The smallest absolute Gasteiger partial charge is 0.243 e. The van der Waals surface area contributed by atoms with Crippen LogP contribution < -0.4 is 5.32 Å². The Hall–Kier alpha value is -3.16. The lowest BCUT2D eigenvalue weighted by atomic mass is 9.92. The van der Waals surface area contributed by atoms with E-state index in [0.29, 0.717) is 25.9 Å². The third-order valence-electron chi connectivity index (χ3n) is 5.82. The average Bonchev–Trinajstić information content (AvgIpc) is 3.36. The highest BCUT2D eigenvalue weighted by atomic mass is 16.2. The summed E-state index contributed by atoms with van der Waals surface area (Å²) in [4.78, 5) is 41.2. The Bertz CT molecular complexity index is 883.